The topological polar surface area (TPSA) is 47.8 Å². The van der Waals surface area contributed by atoms with E-state index in [1.165, 1.54) is 0 Å². The van der Waals surface area contributed by atoms with E-state index >= 15 is 0 Å². The molecule has 2 aromatic rings. The molecule has 76 valence electrons. The van der Waals surface area contributed by atoms with E-state index in [-0.39, 0.29) is 0 Å². The molecule has 0 unspecified atom stereocenters. The van der Waals surface area contributed by atoms with Crippen molar-refractivity contribution in [1.82, 2.24) is 14.8 Å². The van der Waals surface area contributed by atoms with Crippen LogP contribution < -0.4 is 0 Å². The van der Waals surface area contributed by atoms with Crippen LogP contribution in [-0.2, 0) is 0 Å². The number of rotatable bonds is 2. The van der Waals surface area contributed by atoms with E-state index in [0.29, 0.717) is 5.69 Å². The number of pyridine rings is 1. The van der Waals surface area contributed by atoms with Crippen molar-refractivity contribution in [2.45, 2.75) is 13.8 Å². The molecule has 0 saturated carbocycles. The first-order chi connectivity index (χ1) is 7.20. The van der Waals surface area contributed by atoms with Crippen molar-refractivity contribution >= 4 is 6.29 Å². The molecule has 4 nitrogen and oxygen atoms in total. The van der Waals surface area contributed by atoms with Crippen LogP contribution in [0.3, 0.4) is 0 Å². The first-order valence-corrected chi connectivity index (χ1v) is 4.65. The standard InChI is InChI=1S/C11H11N3O/c1-8-5-9(2)14(13-8)11-4-3-10(7-15)12-6-11/h3-7H,1-2H3. The zero-order valence-electron chi connectivity index (χ0n) is 8.64. The second kappa shape index (κ2) is 3.65. The van der Waals surface area contributed by atoms with E-state index < -0.39 is 0 Å². The summed E-state index contributed by atoms with van der Waals surface area (Å²) in [5, 5.41) is 4.32. The maximum atomic E-state index is 10.4. The summed E-state index contributed by atoms with van der Waals surface area (Å²) in [7, 11) is 0. The van der Waals surface area contributed by atoms with Gasteiger partial charge in [0.2, 0.25) is 0 Å². The fourth-order valence-electron chi connectivity index (χ4n) is 1.48. The molecule has 0 bridgehead atoms. The van der Waals surface area contributed by atoms with Gasteiger partial charge in [0.1, 0.15) is 5.69 Å². The van der Waals surface area contributed by atoms with Crippen molar-refractivity contribution in [3.63, 3.8) is 0 Å². The highest BCUT2D eigenvalue weighted by Gasteiger charge is 2.03. The molecule has 0 aromatic carbocycles. The van der Waals surface area contributed by atoms with Gasteiger partial charge < -0.3 is 0 Å². The Hall–Kier alpha value is -1.97. The van der Waals surface area contributed by atoms with Gasteiger partial charge in [-0.15, -0.1) is 0 Å². The molecule has 0 radical (unpaired) electrons. The molecule has 2 heterocycles. The molecule has 0 amide bonds. The van der Waals surface area contributed by atoms with Gasteiger partial charge in [-0.1, -0.05) is 0 Å². The summed E-state index contributed by atoms with van der Waals surface area (Å²) in [5.41, 5.74) is 3.31. The van der Waals surface area contributed by atoms with Crippen LogP contribution in [0.5, 0.6) is 0 Å². The van der Waals surface area contributed by atoms with Crippen LogP contribution in [0.15, 0.2) is 24.4 Å². The summed E-state index contributed by atoms with van der Waals surface area (Å²) >= 11 is 0. The van der Waals surface area contributed by atoms with Gasteiger partial charge in [-0.3, -0.25) is 9.78 Å². The molecule has 0 spiro atoms. The Morgan fingerprint density at radius 1 is 1.33 bits per heavy atom. The van der Waals surface area contributed by atoms with Gasteiger partial charge in [-0.25, -0.2) is 4.68 Å². The molecule has 0 aliphatic rings. The Kier molecular flexibility index (Phi) is 2.33. The Morgan fingerprint density at radius 3 is 2.60 bits per heavy atom. The van der Waals surface area contributed by atoms with E-state index in [9.17, 15) is 4.79 Å². The molecule has 0 N–H and O–H groups in total. The number of nitrogens with zero attached hydrogens (tertiary/aromatic N) is 3. The number of hydrogen-bond donors (Lipinski definition) is 0. The number of aldehydes is 1. The minimum absolute atomic E-state index is 0.431. The van der Waals surface area contributed by atoms with Gasteiger partial charge in [0, 0.05) is 5.69 Å². The fraction of sp³-hybridized carbons (Fsp3) is 0.182. The smallest absolute Gasteiger partial charge is 0.168 e. The first-order valence-electron chi connectivity index (χ1n) is 4.65. The molecule has 0 aliphatic carbocycles. The molecule has 0 atom stereocenters. The summed E-state index contributed by atoms with van der Waals surface area (Å²) in [4.78, 5) is 14.4. The number of hydrogen-bond acceptors (Lipinski definition) is 3. The molecule has 0 saturated heterocycles. The maximum absolute atomic E-state index is 10.4. The average Bonchev–Trinajstić information content (AvgIpc) is 2.58. The number of aromatic nitrogens is 3. The van der Waals surface area contributed by atoms with E-state index in [1.54, 1.807) is 16.9 Å². The lowest BCUT2D eigenvalue weighted by Crippen LogP contribution is -2.00. The van der Waals surface area contributed by atoms with Crippen LogP contribution in [0, 0.1) is 13.8 Å². The maximum Gasteiger partial charge on any atom is 0.168 e. The Morgan fingerprint density at radius 2 is 2.13 bits per heavy atom. The molecular formula is C11H11N3O. The van der Waals surface area contributed by atoms with E-state index in [1.807, 2.05) is 26.0 Å². The van der Waals surface area contributed by atoms with Gasteiger partial charge >= 0.3 is 0 Å². The van der Waals surface area contributed by atoms with E-state index in [2.05, 4.69) is 10.1 Å². The number of aryl methyl sites for hydroxylation is 2. The highest BCUT2D eigenvalue weighted by molar-refractivity contribution is 5.71. The fourth-order valence-corrected chi connectivity index (χ4v) is 1.48. The minimum Gasteiger partial charge on any atom is -0.296 e. The molecule has 2 aromatic heterocycles. The van der Waals surface area contributed by atoms with Gasteiger partial charge in [0.05, 0.1) is 17.6 Å². The Balaban J connectivity index is 2.45. The van der Waals surface area contributed by atoms with Crippen molar-refractivity contribution in [2.24, 2.45) is 0 Å². The monoisotopic (exact) mass is 201 g/mol. The third-order valence-corrected chi connectivity index (χ3v) is 2.15. The van der Waals surface area contributed by atoms with Crippen molar-refractivity contribution in [1.29, 1.82) is 0 Å². The lowest BCUT2D eigenvalue weighted by Gasteiger charge is -2.02. The SMILES string of the molecule is Cc1cc(C)n(-c2ccc(C=O)nc2)n1. The average molecular weight is 201 g/mol. The Bertz CT molecular complexity index is 485. The third kappa shape index (κ3) is 1.79. The quantitative estimate of drug-likeness (QED) is 0.695. The van der Waals surface area contributed by atoms with Gasteiger partial charge in [0.25, 0.3) is 0 Å². The summed E-state index contributed by atoms with van der Waals surface area (Å²) in [6, 6.07) is 5.50. The molecule has 4 heteroatoms. The molecule has 0 aliphatic heterocycles. The van der Waals surface area contributed by atoms with Crippen molar-refractivity contribution in [3.05, 3.63) is 41.5 Å². The highest BCUT2D eigenvalue weighted by atomic mass is 16.1. The predicted octanol–water partition coefficient (Wildman–Crippen LogP) is 1.70. The summed E-state index contributed by atoms with van der Waals surface area (Å²) < 4.78 is 1.80. The van der Waals surface area contributed by atoms with Crippen molar-refractivity contribution < 1.29 is 4.79 Å². The summed E-state index contributed by atoms with van der Waals surface area (Å²) in [6.45, 7) is 3.92. The lowest BCUT2D eigenvalue weighted by atomic mass is 10.3. The van der Waals surface area contributed by atoms with Gasteiger partial charge in [-0.2, -0.15) is 5.10 Å². The normalized spacial score (nSPS) is 10.3. The summed E-state index contributed by atoms with van der Waals surface area (Å²) in [6.07, 6.45) is 2.37. The number of carbonyl (C=O) groups excluding carboxylic acids is 1. The predicted molar refractivity (Wildman–Crippen MR) is 56.2 cm³/mol. The zero-order chi connectivity index (χ0) is 10.8. The second-order valence-corrected chi connectivity index (χ2v) is 3.40. The molecule has 0 fully saturated rings. The van der Waals surface area contributed by atoms with Gasteiger partial charge in [-0.05, 0) is 32.0 Å². The largest absolute Gasteiger partial charge is 0.296 e. The van der Waals surface area contributed by atoms with Crippen LogP contribution >= 0.6 is 0 Å². The molecule has 15 heavy (non-hydrogen) atoms. The van der Waals surface area contributed by atoms with Gasteiger partial charge in [0.15, 0.2) is 6.29 Å². The zero-order valence-corrected chi connectivity index (χ0v) is 8.64. The van der Waals surface area contributed by atoms with Crippen LogP contribution in [0.25, 0.3) is 5.69 Å². The third-order valence-electron chi connectivity index (χ3n) is 2.15. The van der Waals surface area contributed by atoms with Crippen molar-refractivity contribution in [2.75, 3.05) is 0 Å². The molecular weight excluding hydrogens is 190 g/mol. The Labute approximate surface area is 87.6 Å². The minimum atomic E-state index is 0.431. The lowest BCUT2D eigenvalue weighted by molar-refractivity contribution is 0.111. The van der Waals surface area contributed by atoms with E-state index in [0.717, 1.165) is 23.4 Å². The van der Waals surface area contributed by atoms with Crippen molar-refractivity contribution in [3.8, 4) is 5.69 Å². The van der Waals surface area contributed by atoms with Crippen LogP contribution in [-0.4, -0.2) is 21.1 Å². The summed E-state index contributed by atoms with van der Waals surface area (Å²) in [5.74, 6) is 0. The second-order valence-electron chi connectivity index (χ2n) is 3.40. The van der Waals surface area contributed by atoms with Crippen LogP contribution in [0.4, 0.5) is 0 Å². The first kappa shape index (κ1) is 9.58. The van der Waals surface area contributed by atoms with Crippen LogP contribution in [0.2, 0.25) is 0 Å². The van der Waals surface area contributed by atoms with Crippen LogP contribution in [0.1, 0.15) is 21.9 Å². The highest BCUT2D eigenvalue weighted by Crippen LogP contribution is 2.10. The van der Waals surface area contributed by atoms with E-state index in [4.69, 9.17) is 0 Å². The number of carbonyl (C=O) groups is 1. The molecule has 2 rings (SSSR count).